The van der Waals surface area contributed by atoms with Crippen LogP contribution in [0.5, 0.6) is 11.5 Å². The van der Waals surface area contributed by atoms with Gasteiger partial charge in [0.15, 0.2) is 17.9 Å². The maximum absolute atomic E-state index is 12.1. The largest absolute Gasteiger partial charge is 0.487 e. The maximum Gasteiger partial charge on any atom is 0.226 e. The van der Waals surface area contributed by atoms with E-state index in [1.807, 2.05) is 35.2 Å². The van der Waals surface area contributed by atoms with Crippen LogP contribution in [0.4, 0.5) is 11.4 Å². The van der Waals surface area contributed by atoms with Crippen molar-refractivity contribution in [3.63, 3.8) is 0 Å². The molecule has 7 nitrogen and oxygen atoms in total. The topological polar surface area (TPSA) is 61.6 Å². The molecule has 0 spiro atoms. The lowest BCUT2D eigenvalue weighted by molar-refractivity contribution is -0.119. The van der Waals surface area contributed by atoms with E-state index in [-0.39, 0.29) is 30.3 Å². The number of benzene rings is 2. The summed E-state index contributed by atoms with van der Waals surface area (Å²) in [6.07, 6.45) is 1.72. The van der Waals surface area contributed by atoms with E-state index in [9.17, 15) is 4.79 Å². The molecule has 3 aliphatic heterocycles. The van der Waals surface area contributed by atoms with Gasteiger partial charge in [0.25, 0.3) is 0 Å². The van der Waals surface area contributed by atoms with Crippen molar-refractivity contribution < 1.29 is 23.7 Å². The quantitative estimate of drug-likeness (QED) is 0.690. The number of amides is 1. The van der Waals surface area contributed by atoms with Crippen LogP contribution in [0.1, 0.15) is 19.3 Å². The number of carbonyl (C=O) groups is 1. The summed E-state index contributed by atoms with van der Waals surface area (Å²) < 4.78 is 24.1. The van der Waals surface area contributed by atoms with Crippen molar-refractivity contribution in [2.75, 3.05) is 24.7 Å². The van der Waals surface area contributed by atoms with Gasteiger partial charge in [0.1, 0.15) is 23.7 Å². The Bertz CT molecular complexity index is 986. The summed E-state index contributed by atoms with van der Waals surface area (Å²) in [6.45, 7) is 8.74. The van der Waals surface area contributed by atoms with E-state index in [0.29, 0.717) is 31.1 Å². The van der Waals surface area contributed by atoms with Crippen molar-refractivity contribution in [3.8, 4) is 11.5 Å². The Hall–Kier alpha value is -3.08. The number of carbonyl (C=O) groups excluding carboxylic acids is 1. The van der Waals surface area contributed by atoms with Crippen LogP contribution in [0.3, 0.4) is 0 Å². The van der Waals surface area contributed by atoms with Gasteiger partial charge in [-0.25, -0.2) is 4.85 Å². The summed E-state index contributed by atoms with van der Waals surface area (Å²) in [7, 11) is 0. The molecule has 0 unspecified atom stereocenters. The lowest BCUT2D eigenvalue weighted by atomic mass is 10.1. The highest BCUT2D eigenvalue weighted by molar-refractivity contribution is 5.94. The van der Waals surface area contributed by atoms with Crippen molar-refractivity contribution in [2.45, 2.75) is 43.7 Å². The second kappa shape index (κ2) is 8.58. The minimum absolute atomic E-state index is 0.180. The van der Waals surface area contributed by atoms with E-state index in [4.69, 9.17) is 25.5 Å². The van der Waals surface area contributed by atoms with Crippen LogP contribution in [-0.2, 0) is 14.3 Å². The number of piperidine rings is 1. The van der Waals surface area contributed by atoms with E-state index >= 15 is 0 Å². The highest BCUT2D eigenvalue weighted by Crippen LogP contribution is 2.33. The minimum atomic E-state index is -0.243. The monoisotopic (exact) mass is 420 g/mol. The standard InChI is InChI=1S/C24H24N2O5/c1-25-16-5-4-6-19(13-16)31-21-15-29-23-20(14-28-24(21)23)30-18-10-8-17(9-11-18)26-12-3-2-7-22(26)27/h4-6,8-11,13,20-21,23-24H,2-3,7,12,14-15H2/t20-,21+,23-,24-/m1/s1. The fourth-order valence-corrected chi connectivity index (χ4v) is 4.39. The summed E-state index contributed by atoms with van der Waals surface area (Å²) >= 11 is 0. The van der Waals surface area contributed by atoms with Gasteiger partial charge in [-0.05, 0) is 49.2 Å². The van der Waals surface area contributed by atoms with Crippen LogP contribution in [0.2, 0.25) is 0 Å². The molecule has 5 rings (SSSR count). The summed E-state index contributed by atoms with van der Waals surface area (Å²) in [6, 6.07) is 14.7. The Kier molecular flexibility index (Phi) is 5.49. The predicted octanol–water partition coefficient (Wildman–Crippen LogP) is 3.75. The number of ether oxygens (including phenoxy) is 4. The summed E-state index contributed by atoms with van der Waals surface area (Å²) in [5, 5.41) is 0. The van der Waals surface area contributed by atoms with Crippen molar-refractivity contribution >= 4 is 17.3 Å². The van der Waals surface area contributed by atoms with Gasteiger partial charge in [-0.1, -0.05) is 12.1 Å². The van der Waals surface area contributed by atoms with Gasteiger partial charge in [-0.2, -0.15) is 0 Å². The number of hydrogen-bond donors (Lipinski definition) is 0. The van der Waals surface area contributed by atoms with Gasteiger partial charge in [-0.3, -0.25) is 4.79 Å². The highest BCUT2D eigenvalue weighted by Gasteiger charge is 2.50. The number of anilines is 1. The molecule has 2 aromatic carbocycles. The molecule has 3 fully saturated rings. The Balaban J connectivity index is 1.20. The molecular weight excluding hydrogens is 396 g/mol. The fourth-order valence-electron chi connectivity index (χ4n) is 4.39. The SMILES string of the molecule is [C-]#[N+]c1cccc(O[C@H]2CO[C@H]3[C@@H]2OC[C@H]3Oc2ccc(N3CCCCC3=O)cc2)c1. The highest BCUT2D eigenvalue weighted by atomic mass is 16.6. The molecule has 160 valence electrons. The first kappa shape index (κ1) is 19.9. The first-order valence-electron chi connectivity index (χ1n) is 10.7. The number of hydrogen-bond acceptors (Lipinski definition) is 5. The second-order valence-corrected chi connectivity index (χ2v) is 8.01. The zero-order chi connectivity index (χ0) is 21.2. The Morgan fingerprint density at radius 2 is 1.65 bits per heavy atom. The third-order valence-corrected chi connectivity index (χ3v) is 5.96. The first-order valence-corrected chi connectivity index (χ1v) is 10.7. The Morgan fingerprint density at radius 1 is 0.935 bits per heavy atom. The third-order valence-electron chi connectivity index (χ3n) is 5.96. The first-order chi connectivity index (χ1) is 15.2. The molecule has 0 radical (unpaired) electrons. The zero-order valence-corrected chi connectivity index (χ0v) is 17.1. The Morgan fingerprint density at radius 3 is 2.32 bits per heavy atom. The van der Waals surface area contributed by atoms with Crippen LogP contribution in [0.25, 0.3) is 4.85 Å². The van der Waals surface area contributed by atoms with Gasteiger partial charge < -0.3 is 23.8 Å². The summed E-state index contributed by atoms with van der Waals surface area (Å²) in [4.78, 5) is 17.4. The van der Waals surface area contributed by atoms with Crippen LogP contribution < -0.4 is 14.4 Å². The molecular formula is C24H24N2O5. The summed E-state index contributed by atoms with van der Waals surface area (Å²) in [5.74, 6) is 1.54. The minimum Gasteiger partial charge on any atom is -0.487 e. The molecule has 0 aliphatic carbocycles. The smallest absolute Gasteiger partial charge is 0.226 e. The molecule has 1 amide bonds. The predicted molar refractivity (Wildman–Crippen MR) is 114 cm³/mol. The van der Waals surface area contributed by atoms with E-state index in [1.54, 1.807) is 18.2 Å². The molecule has 7 heteroatoms. The fraction of sp³-hybridized carbons (Fsp3) is 0.417. The average Bonchev–Trinajstić information content (AvgIpc) is 3.38. The molecule has 4 atom stereocenters. The molecule has 3 aliphatic rings. The van der Waals surface area contributed by atoms with Crippen molar-refractivity contribution in [1.82, 2.24) is 0 Å². The molecule has 3 heterocycles. The maximum atomic E-state index is 12.1. The number of nitrogens with zero attached hydrogens (tertiary/aromatic N) is 2. The van der Waals surface area contributed by atoms with Crippen molar-refractivity contribution in [2.24, 2.45) is 0 Å². The lowest BCUT2D eigenvalue weighted by Crippen LogP contribution is -2.36. The van der Waals surface area contributed by atoms with Crippen LogP contribution in [-0.4, -0.2) is 50.1 Å². The van der Waals surface area contributed by atoms with E-state index < -0.39 is 0 Å². The van der Waals surface area contributed by atoms with Crippen molar-refractivity contribution in [1.29, 1.82) is 0 Å². The molecule has 0 aromatic heterocycles. The van der Waals surface area contributed by atoms with E-state index in [1.165, 1.54) is 0 Å². The van der Waals surface area contributed by atoms with Crippen LogP contribution in [0.15, 0.2) is 48.5 Å². The second-order valence-electron chi connectivity index (χ2n) is 8.01. The van der Waals surface area contributed by atoms with E-state index in [2.05, 4.69) is 4.85 Å². The number of fused-ring (bicyclic) bond motifs is 1. The third kappa shape index (κ3) is 4.09. The molecule has 31 heavy (non-hydrogen) atoms. The van der Waals surface area contributed by atoms with Gasteiger partial charge in [0.2, 0.25) is 5.91 Å². The Labute approximate surface area is 181 Å². The summed E-state index contributed by atoms with van der Waals surface area (Å²) in [5.41, 5.74) is 1.45. The van der Waals surface area contributed by atoms with Gasteiger partial charge in [0, 0.05) is 18.7 Å². The van der Waals surface area contributed by atoms with Crippen LogP contribution >= 0.6 is 0 Å². The molecule has 0 saturated carbocycles. The average molecular weight is 420 g/mol. The van der Waals surface area contributed by atoms with E-state index in [0.717, 1.165) is 30.8 Å². The number of rotatable bonds is 5. The van der Waals surface area contributed by atoms with Gasteiger partial charge >= 0.3 is 0 Å². The lowest BCUT2D eigenvalue weighted by Gasteiger charge is -2.27. The van der Waals surface area contributed by atoms with Crippen LogP contribution in [0, 0.1) is 6.57 Å². The zero-order valence-electron chi connectivity index (χ0n) is 17.1. The molecule has 0 N–H and O–H groups in total. The van der Waals surface area contributed by atoms with Gasteiger partial charge in [0.05, 0.1) is 19.8 Å². The van der Waals surface area contributed by atoms with Gasteiger partial charge in [-0.15, -0.1) is 0 Å². The molecule has 2 aromatic rings. The molecule has 0 bridgehead atoms. The molecule has 3 saturated heterocycles. The van der Waals surface area contributed by atoms with Crippen molar-refractivity contribution in [3.05, 3.63) is 59.9 Å². The normalized spacial score (nSPS) is 27.6.